The number of aromatic amines is 1. The molecule has 9 heteroatoms. The largest absolute Gasteiger partial charge is 0.495 e. The van der Waals surface area contributed by atoms with Gasteiger partial charge in [0.25, 0.3) is 0 Å². The highest BCUT2D eigenvalue weighted by molar-refractivity contribution is 7.92. The molecular weight excluding hydrogens is 306 g/mol. The Hall–Kier alpha value is -2.68. The first kappa shape index (κ1) is 14.3. The second-order valence-electron chi connectivity index (χ2n) is 4.63. The van der Waals surface area contributed by atoms with Crippen molar-refractivity contribution < 1.29 is 13.2 Å². The van der Waals surface area contributed by atoms with E-state index in [1.54, 1.807) is 24.4 Å². The summed E-state index contributed by atoms with van der Waals surface area (Å²) >= 11 is 0. The van der Waals surface area contributed by atoms with Crippen LogP contribution in [0.15, 0.2) is 30.7 Å². The molecule has 2 aromatic heterocycles. The number of rotatable bonds is 4. The average molecular weight is 319 g/mol. The first-order valence-corrected chi connectivity index (χ1v) is 8.17. The van der Waals surface area contributed by atoms with Gasteiger partial charge in [-0.1, -0.05) is 0 Å². The first-order valence-electron chi connectivity index (χ1n) is 6.28. The number of nitrogens with zero attached hydrogens (tertiary/aromatic N) is 3. The van der Waals surface area contributed by atoms with E-state index in [2.05, 4.69) is 24.7 Å². The number of anilines is 1. The molecule has 0 aliphatic heterocycles. The molecule has 114 valence electrons. The Labute approximate surface area is 126 Å². The summed E-state index contributed by atoms with van der Waals surface area (Å²) in [6.07, 6.45) is 4.14. The van der Waals surface area contributed by atoms with Gasteiger partial charge in [-0.15, -0.1) is 0 Å². The van der Waals surface area contributed by atoms with Crippen molar-refractivity contribution in [1.82, 2.24) is 19.9 Å². The molecular formula is C13H13N5O3S. The standard InChI is InChI=1S/C13H13N5O3S/c1-21-11-5-8(3-4-9(11)18-22(2,19)20)12-16-10-6-14-7-15-13(10)17-12/h3-7,18H,1-2H3,(H,14,15,16,17). The van der Waals surface area contributed by atoms with Gasteiger partial charge in [0.1, 0.15) is 23.4 Å². The van der Waals surface area contributed by atoms with Gasteiger partial charge in [-0.3, -0.25) is 4.72 Å². The lowest BCUT2D eigenvalue weighted by atomic mass is 10.2. The quantitative estimate of drug-likeness (QED) is 0.752. The van der Waals surface area contributed by atoms with Gasteiger partial charge in [-0.25, -0.2) is 23.4 Å². The lowest BCUT2D eigenvalue weighted by Gasteiger charge is -2.10. The number of fused-ring (bicyclic) bond motifs is 1. The maximum absolute atomic E-state index is 11.3. The molecule has 0 bridgehead atoms. The minimum absolute atomic E-state index is 0.365. The van der Waals surface area contributed by atoms with Crippen LogP contribution in [0.5, 0.6) is 5.75 Å². The van der Waals surface area contributed by atoms with Crippen LogP contribution in [0, 0.1) is 0 Å². The summed E-state index contributed by atoms with van der Waals surface area (Å²) in [6.45, 7) is 0. The van der Waals surface area contributed by atoms with Crippen LogP contribution in [0.3, 0.4) is 0 Å². The highest BCUT2D eigenvalue weighted by Crippen LogP contribution is 2.30. The van der Waals surface area contributed by atoms with Gasteiger partial charge in [-0.2, -0.15) is 0 Å². The van der Waals surface area contributed by atoms with Crippen LogP contribution in [0.2, 0.25) is 0 Å². The van der Waals surface area contributed by atoms with Gasteiger partial charge in [0.05, 0.1) is 25.2 Å². The molecule has 3 aromatic rings. The molecule has 2 N–H and O–H groups in total. The number of nitrogens with one attached hydrogen (secondary N) is 2. The van der Waals surface area contributed by atoms with Crippen LogP contribution < -0.4 is 9.46 Å². The fourth-order valence-electron chi connectivity index (χ4n) is 2.02. The van der Waals surface area contributed by atoms with E-state index < -0.39 is 10.0 Å². The van der Waals surface area contributed by atoms with Crippen molar-refractivity contribution >= 4 is 26.9 Å². The summed E-state index contributed by atoms with van der Waals surface area (Å²) in [7, 11) is -1.91. The molecule has 0 aliphatic carbocycles. The van der Waals surface area contributed by atoms with Crippen LogP contribution in [0.4, 0.5) is 5.69 Å². The number of sulfonamides is 1. The number of aromatic nitrogens is 4. The molecule has 1 aromatic carbocycles. The molecule has 8 nitrogen and oxygen atoms in total. The number of ether oxygens (including phenoxy) is 1. The molecule has 0 unspecified atom stereocenters. The Bertz CT molecular complexity index is 903. The van der Waals surface area contributed by atoms with Crippen LogP contribution in [0.25, 0.3) is 22.6 Å². The zero-order chi connectivity index (χ0) is 15.7. The normalized spacial score (nSPS) is 11.5. The van der Waals surface area contributed by atoms with Gasteiger partial charge in [0.2, 0.25) is 10.0 Å². The Kier molecular flexibility index (Phi) is 3.41. The van der Waals surface area contributed by atoms with E-state index in [4.69, 9.17) is 4.74 Å². The van der Waals surface area contributed by atoms with E-state index >= 15 is 0 Å². The van der Waals surface area contributed by atoms with Crippen molar-refractivity contribution in [2.24, 2.45) is 0 Å². The van der Waals surface area contributed by atoms with E-state index in [0.29, 0.717) is 22.9 Å². The zero-order valence-corrected chi connectivity index (χ0v) is 12.7. The topological polar surface area (TPSA) is 110 Å². The van der Waals surface area contributed by atoms with Crippen molar-refractivity contribution in [3.63, 3.8) is 0 Å². The minimum atomic E-state index is -3.38. The highest BCUT2D eigenvalue weighted by Gasteiger charge is 2.12. The van der Waals surface area contributed by atoms with Crippen LogP contribution in [-0.2, 0) is 10.0 Å². The van der Waals surface area contributed by atoms with Crippen molar-refractivity contribution in [1.29, 1.82) is 0 Å². The third-order valence-corrected chi connectivity index (χ3v) is 3.52. The summed E-state index contributed by atoms with van der Waals surface area (Å²) < 4.78 is 30.3. The number of benzene rings is 1. The molecule has 0 saturated heterocycles. The van der Waals surface area contributed by atoms with Crippen molar-refractivity contribution in [3.8, 4) is 17.1 Å². The van der Waals surface area contributed by atoms with E-state index in [-0.39, 0.29) is 0 Å². The number of hydrogen-bond acceptors (Lipinski definition) is 6. The Morgan fingerprint density at radius 2 is 2.14 bits per heavy atom. The summed E-state index contributed by atoms with van der Waals surface area (Å²) in [5.74, 6) is 0.995. The van der Waals surface area contributed by atoms with E-state index in [0.717, 1.165) is 17.3 Å². The summed E-state index contributed by atoms with van der Waals surface area (Å²) in [6, 6.07) is 5.05. The predicted molar refractivity (Wildman–Crippen MR) is 82.1 cm³/mol. The van der Waals surface area contributed by atoms with Crippen LogP contribution in [0.1, 0.15) is 0 Å². The van der Waals surface area contributed by atoms with E-state index in [9.17, 15) is 8.42 Å². The van der Waals surface area contributed by atoms with Gasteiger partial charge in [-0.05, 0) is 18.2 Å². The van der Waals surface area contributed by atoms with Crippen LogP contribution >= 0.6 is 0 Å². The number of imidazole rings is 1. The third kappa shape index (κ3) is 2.84. The molecule has 0 fully saturated rings. The predicted octanol–water partition coefficient (Wildman–Crippen LogP) is 1.40. The smallest absolute Gasteiger partial charge is 0.229 e. The minimum Gasteiger partial charge on any atom is -0.495 e. The molecule has 0 radical (unpaired) electrons. The highest BCUT2D eigenvalue weighted by atomic mass is 32.2. The fourth-order valence-corrected chi connectivity index (χ4v) is 2.59. The maximum Gasteiger partial charge on any atom is 0.229 e. The second kappa shape index (κ2) is 5.26. The monoisotopic (exact) mass is 319 g/mol. The molecule has 2 heterocycles. The lowest BCUT2D eigenvalue weighted by Crippen LogP contribution is -2.10. The Balaban J connectivity index is 2.04. The molecule has 22 heavy (non-hydrogen) atoms. The van der Waals surface area contributed by atoms with Gasteiger partial charge in [0, 0.05) is 5.56 Å². The molecule has 3 rings (SSSR count). The van der Waals surface area contributed by atoms with Crippen molar-refractivity contribution in [2.75, 3.05) is 18.1 Å². The molecule has 0 spiro atoms. The zero-order valence-electron chi connectivity index (χ0n) is 11.9. The maximum atomic E-state index is 11.3. The lowest BCUT2D eigenvalue weighted by molar-refractivity contribution is 0.417. The Morgan fingerprint density at radius 1 is 1.32 bits per heavy atom. The number of H-pyrrole nitrogens is 1. The van der Waals surface area contributed by atoms with Crippen molar-refractivity contribution in [2.45, 2.75) is 0 Å². The SMILES string of the molecule is COc1cc(-c2nc3ncncc3[nH]2)ccc1NS(C)(=O)=O. The fraction of sp³-hybridized carbons (Fsp3) is 0.154. The number of methoxy groups -OCH3 is 1. The van der Waals surface area contributed by atoms with Gasteiger partial charge < -0.3 is 9.72 Å². The van der Waals surface area contributed by atoms with E-state index in [1.165, 1.54) is 13.4 Å². The molecule has 0 atom stereocenters. The Morgan fingerprint density at radius 3 is 2.82 bits per heavy atom. The van der Waals surface area contributed by atoms with Crippen molar-refractivity contribution in [3.05, 3.63) is 30.7 Å². The number of hydrogen-bond donors (Lipinski definition) is 2. The van der Waals surface area contributed by atoms with Gasteiger partial charge >= 0.3 is 0 Å². The third-order valence-electron chi connectivity index (χ3n) is 2.93. The average Bonchev–Trinajstić information content (AvgIpc) is 2.90. The molecule has 0 saturated carbocycles. The summed E-state index contributed by atoms with van der Waals surface area (Å²) in [4.78, 5) is 15.4. The van der Waals surface area contributed by atoms with E-state index in [1.807, 2.05) is 0 Å². The first-order chi connectivity index (χ1) is 10.5. The summed E-state index contributed by atoms with van der Waals surface area (Å²) in [5.41, 5.74) is 2.38. The molecule has 0 amide bonds. The van der Waals surface area contributed by atoms with Gasteiger partial charge in [0.15, 0.2) is 5.65 Å². The summed E-state index contributed by atoms with van der Waals surface area (Å²) in [5, 5.41) is 0. The van der Waals surface area contributed by atoms with Crippen LogP contribution in [-0.4, -0.2) is 41.7 Å². The second-order valence-corrected chi connectivity index (χ2v) is 6.38. The molecule has 0 aliphatic rings.